The van der Waals surface area contributed by atoms with Crippen LogP contribution in [0.25, 0.3) is 0 Å². The molecule has 1 aliphatic carbocycles. The number of ether oxygens (including phenoxy) is 2. The third kappa shape index (κ3) is 3.81. The van der Waals surface area contributed by atoms with Crippen LogP contribution >= 0.6 is 11.6 Å². The van der Waals surface area contributed by atoms with E-state index >= 15 is 0 Å². The van der Waals surface area contributed by atoms with Crippen molar-refractivity contribution in [1.82, 2.24) is 4.98 Å². The molecule has 0 atom stereocenters. The van der Waals surface area contributed by atoms with Gasteiger partial charge in [0.1, 0.15) is 6.10 Å². The number of nitro groups is 1. The van der Waals surface area contributed by atoms with Crippen LogP contribution in [0.1, 0.15) is 25.7 Å². The first-order valence-electron chi connectivity index (χ1n) is 6.56. The van der Waals surface area contributed by atoms with Gasteiger partial charge in [-0.15, -0.1) is 0 Å². The van der Waals surface area contributed by atoms with Crippen LogP contribution in [-0.4, -0.2) is 29.1 Å². The van der Waals surface area contributed by atoms with Crippen LogP contribution in [-0.2, 0) is 9.53 Å². The highest BCUT2D eigenvalue weighted by atomic mass is 35.5. The third-order valence-corrected chi connectivity index (χ3v) is 3.77. The van der Waals surface area contributed by atoms with Crippen molar-refractivity contribution in [2.75, 3.05) is 7.11 Å². The number of rotatable bonds is 4. The molecule has 0 unspecified atom stereocenters. The predicted octanol–water partition coefficient (Wildman–Crippen LogP) is 2.75. The predicted molar refractivity (Wildman–Crippen MR) is 74.3 cm³/mol. The first-order chi connectivity index (χ1) is 10.0. The molecule has 0 N–H and O–H groups in total. The monoisotopic (exact) mass is 314 g/mol. The number of methoxy groups -OCH3 is 1. The standard InChI is InChI=1S/C13H15ClN2O5/c1-20-13(17)8-2-4-9(5-3-8)21-11-7-6-10(16(18)19)12(14)15-11/h6-9H,2-5H2,1H3/t8-,9+. The van der Waals surface area contributed by atoms with E-state index < -0.39 is 4.92 Å². The normalized spacial score (nSPS) is 21.6. The maximum Gasteiger partial charge on any atom is 0.308 e. The second-order valence-corrected chi connectivity index (χ2v) is 5.19. The largest absolute Gasteiger partial charge is 0.474 e. The summed E-state index contributed by atoms with van der Waals surface area (Å²) < 4.78 is 10.4. The van der Waals surface area contributed by atoms with Gasteiger partial charge in [-0.3, -0.25) is 14.9 Å². The Labute approximate surface area is 126 Å². The number of carbonyl (C=O) groups excluding carboxylic acids is 1. The molecule has 21 heavy (non-hydrogen) atoms. The Kier molecular flexibility index (Phi) is 4.95. The fourth-order valence-corrected chi connectivity index (χ4v) is 2.58. The summed E-state index contributed by atoms with van der Waals surface area (Å²) in [6.07, 6.45) is 2.72. The number of pyridine rings is 1. The molecule has 1 aromatic heterocycles. The fourth-order valence-electron chi connectivity index (χ4n) is 2.37. The molecule has 1 fully saturated rings. The minimum absolute atomic E-state index is 0.0732. The summed E-state index contributed by atoms with van der Waals surface area (Å²) in [5.41, 5.74) is -0.251. The van der Waals surface area contributed by atoms with Crippen LogP contribution in [0.2, 0.25) is 5.15 Å². The first kappa shape index (κ1) is 15.5. The summed E-state index contributed by atoms with van der Waals surface area (Å²) >= 11 is 5.73. The van der Waals surface area contributed by atoms with Gasteiger partial charge in [-0.05, 0) is 25.7 Å². The van der Waals surface area contributed by atoms with Crippen molar-refractivity contribution < 1.29 is 19.2 Å². The summed E-state index contributed by atoms with van der Waals surface area (Å²) in [4.78, 5) is 25.3. The van der Waals surface area contributed by atoms with Crippen molar-refractivity contribution in [3.05, 3.63) is 27.4 Å². The van der Waals surface area contributed by atoms with E-state index in [0.717, 1.165) is 0 Å². The zero-order valence-electron chi connectivity index (χ0n) is 11.5. The molecule has 0 saturated heterocycles. The van der Waals surface area contributed by atoms with Crippen molar-refractivity contribution >= 4 is 23.3 Å². The molecule has 1 heterocycles. The van der Waals surface area contributed by atoms with E-state index in [0.29, 0.717) is 25.7 Å². The summed E-state index contributed by atoms with van der Waals surface area (Å²) in [6.45, 7) is 0. The molecule has 1 aromatic rings. The van der Waals surface area contributed by atoms with E-state index in [-0.39, 0.29) is 34.7 Å². The van der Waals surface area contributed by atoms with Gasteiger partial charge >= 0.3 is 11.7 Å². The highest BCUT2D eigenvalue weighted by Gasteiger charge is 2.28. The Morgan fingerprint density at radius 3 is 2.57 bits per heavy atom. The zero-order chi connectivity index (χ0) is 15.4. The van der Waals surface area contributed by atoms with Crippen molar-refractivity contribution in [3.63, 3.8) is 0 Å². The Morgan fingerprint density at radius 2 is 2.05 bits per heavy atom. The number of esters is 1. The maximum atomic E-state index is 11.4. The van der Waals surface area contributed by atoms with E-state index in [1.54, 1.807) is 0 Å². The van der Waals surface area contributed by atoms with Crippen molar-refractivity contribution in [2.45, 2.75) is 31.8 Å². The van der Waals surface area contributed by atoms with E-state index in [1.165, 1.54) is 19.2 Å². The van der Waals surface area contributed by atoms with Crippen LogP contribution in [0.4, 0.5) is 5.69 Å². The average Bonchev–Trinajstić information content (AvgIpc) is 2.47. The van der Waals surface area contributed by atoms with E-state index in [9.17, 15) is 14.9 Å². The Bertz CT molecular complexity index is 543. The SMILES string of the molecule is COC(=O)[C@H]1CC[C@@H](Oc2ccc([N+](=O)[O-])c(Cl)n2)CC1. The van der Waals surface area contributed by atoms with Gasteiger partial charge in [0, 0.05) is 12.1 Å². The molecule has 0 aromatic carbocycles. The highest BCUT2D eigenvalue weighted by Crippen LogP contribution is 2.30. The summed E-state index contributed by atoms with van der Waals surface area (Å²) in [5, 5.41) is 10.5. The number of halogens is 1. The van der Waals surface area contributed by atoms with Crippen molar-refractivity contribution in [1.29, 1.82) is 0 Å². The molecule has 0 radical (unpaired) electrons. The van der Waals surface area contributed by atoms with Crippen LogP contribution in [0.15, 0.2) is 12.1 Å². The lowest BCUT2D eigenvalue weighted by Gasteiger charge is -2.27. The molecule has 0 spiro atoms. The summed E-state index contributed by atoms with van der Waals surface area (Å²) in [7, 11) is 1.38. The molecule has 1 saturated carbocycles. The van der Waals surface area contributed by atoms with Crippen molar-refractivity contribution in [2.24, 2.45) is 5.92 Å². The highest BCUT2D eigenvalue weighted by molar-refractivity contribution is 6.31. The quantitative estimate of drug-likeness (QED) is 0.367. The number of nitrogens with zero attached hydrogens (tertiary/aromatic N) is 2. The molecule has 0 amide bonds. The van der Waals surface area contributed by atoms with Gasteiger partial charge in [-0.25, -0.2) is 0 Å². The molecular formula is C13H15ClN2O5. The van der Waals surface area contributed by atoms with E-state index in [2.05, 4.69) is 4.98 Å². The second-order valence-electron chi connectivity index (χ2n) is 4.83. The van der Waals surface area contributed by atoms with Gasteiger partial charge < -0.3 is 9.47 Å². The first-order valence-corrected chi connectivity index (χ1v) is 6.94. The van der Waals surface area contributed by atoms with Crippen LogP contribution in [0, 0.1) is 16.0 Å². The number of hydrogen-bond acceptors (Lipinski definition) is 6. The minimum atomic E-state index is -0.597. The topological polar surface area (TPSA) is 91.6 Å². The van der Waals surface area contributed by atoms with E-state index in [4.69, 9.17) is 21.1 Å². The number of hydrogen-bond donors (Lipinski definition) is 0. The molecule has 114 valence electrons. The Morgan fingerprint density at radius 1 is 1.38 bits per heavy atom. The van der Waals surface area contributed by atoms with Gasteiger partial charge in [-0.1, -0.05) is 11.6 Å². The molecular weight excluding hydrogens is 300 g/mol. The van der Waals surface area contributed by atoms with Gasteiger partial charge in [0.15, 0.2) is 0 Å². The molecule has 2 rings (SSSR count). The third-order valence-electron chi connectivity index (χ3n) is 3.50. The molecule has 0 bridgehead atoms. The minimum Gasteiger partial charge on any atom is -0.474 e. The maximum absolute atomic E-state index is 11.4. The van der Waals surface area contributed by atoms with Gasteiger partial charge in [0.25, 0.3) is 0 Å². The number of carbonyl (C=O) groups is 1. The number of aromatic nitrogens is 1. The molecule has 7 nitrogen and oxygen atoms in total. The Balaban J connectivity index is 1.93. The van der Waals surface area contributed by atoms with E-state index in [1.807, 2.05) is 0 Å². The Hall–Kier alpha value is -1.89. The van der Waals surface area contributed by atoms with Crippen LogP contribution in [0.3, 0.4) is 0 Å². The lowest BCUT2D eigenvalue weighted by atomic mass is 9.87. The van der Waals surface area contributed by atoms with Crippen LogP contribution in [0.5, 0.6) is 5.88 Å². The van der Waals surface area contributed by atoms with Gasteiger partial charge in [-0.2, -0.15) is 4.98 Å². The zero-order valence-corrected chi connectivity index (χ0v) is 12.2. The lowest BCUT2D eigenvalue weighted by molar-refractivity contribution is -0.385. The lowest BCUT2D eigenvalue weighted by Crippen LogP contribution is -2.28. The molecule has 0 aliphatic heterocycles. The average molecular weight is 315 g/mol. The molecule has 1 aliphatic rings. The van der Waals surface area contributed by atoms with Crippen molar-refractivity contribution in [3.8, 4) is 5.88 Å². The van der Waals surface area contributed by atoms with Gasteiger partial charge in [0.05, 0.1) is 18.0 Å². The van der Waals surface area contributed by atoms with Crippen LogP contribution < -0.4 is 4.74 Å². The smallest absolute Gasteiger partial charge is 0.308 e. The second kappa shape index (κ2) is 6.71. The fraction of sp³-hybridized carbons (Fsp3) is 0.538. The summed E-state index contributed by atoms with van der Waals surface area (Å²) in [6, 6.07) is 2.70. The molecule has 8 heteroatoms. The summed E-state index contributed by atoms with van der Waals surface area (Å²) in [5.74, 6) is -0.0136. The van der Waals surface area contributed by atoms with Gasteiger partial charge in [0.2, 0.25) is 11.0 Å².